The molecule has 3 nitrogen and oxygen atoms in total. The van der Waals surface area contributed by atoms with Crippen LogP contribution in [0, 0.1) is 0 Å². The zero-order valence-corrected chi connectivity index (χ0v) is 13.9. The Labute approximate surface area is 130 Å². The second-order valence-corrected chi connectivity index (χ2v) is 5.22. The molecule has 2 N–H and O–H groups in total. The smallest absolute Gasteiger partial charge is 0.300 e. The maximum atomic E-state index is 9.00. The zero-order chi connectivity index (χ0) is 16.2. The molecule has 21 heavy (non-hydrogen) atoms. The summed E-state index contributed by atoms with van der Waals surface area (Å²) >= 11 is 0. The number of aliphatic hydroxyl groups excluding tert-OH is 1. The van der Waals surface area contributed by atoms with Crippen LogP contribution in [0.3, 0.4) is 0 Å². The fraction of sp³-hybridized carbons (Fsp3) is 0.722. The SMILES string of the molecule is CC(=O)O.CCCCC=CCCCCCCCC/C=C\O. The highest BCUT2D eigenvalue weighted by molar-refractivity contribution is 5.62. The van der Waals surface area contributed by atoms with Crippen molar-refractivity contribution in [1.29, 1.82) is 0 Å². The lowest BCUT2D eigenvalue weighted by molar-refractivity contribution is -0.134. The van der Waals surface area contributed by atoms with E-state index in [1.54, 1.807) is 0 Å². The van der Waals surface area contributed by atoms with E-state index >= 15 is 0 Å². The lowest BCUT2D eigenvalue weighted by Gasteiger charge is -1.99. The molecule has 0 fully saturated rings. The van der Waals surface area contributed by atoms with Gasteiger partial charge in [0.25, 0.3) is 5.97 Å². The number of allylic oxidation sites excluding steroid dienone is 3. The Morgan fingerprint density at radius 2 is 1.19 bits per heavy atom. The van der Waals surface area contributed by atoms with Gasteiger partial charge in [0.2, 0.25) is 0 Å². The van der Waals surface area contributed by atoms with Gasteiger partial charge in [0.15, 0.2) is 0 Å². The summed E-state index contributed by atoms with van der Waals surface area (Å²) in [5.74, 6) is -0.833. The Morgan fingerprint density at radius 1 is 0.810 bits per heavy atom. The third kappa shape index (κ3) is 32.4. The van der Waals surface area contributed by atoms with Crippen LogP contribution in [0.15, 0.2) is 24.5 Å². The lowest BCUT2D eigenvalue weighted by Crippen LogP contribution is -1.79. The van der Waals surface area contributed by atoms with Gasteiger partial charge >= 0.3 is 0 Å². The number of carboxylic acids is 1. The van der Waals surface area contributed by atoms with Gasteiger partial charge in [-0.15, -0.1) is 0 Å². The predicted octanol–water partition coefficient (Wildman–Crippen LogP) is 6.02. The third-order valence-electron chi connectivity index (χ3n) is 2.99. The minimum absolute atomic E-state index is 0.833. The van der Waals surface area contributed by atoms with Gasteiger partial charge in [0, 0.05) is 6.92 Å². The molecule has 3 heteroatoms. The maximum absolute atomic E-state index is 9.00. The van der Waals surface area contributed by atoms with Crippen molar-refractivity contribution < 1.29 is 15.0 Å². The molecular weight excluding hydrogens is 264 g/mol. The summed E-state index contributed by atoms with van der Waals surface area (Å²) in [5, 5.41) is 15.9. The third-order valence-corrected chi connectivity index (χ3v) is 2.99. The number of aliphatic carboxylic acids is 1. The van der Waals surface area contributed by atoms with Gasteiger partial charge in [-0.05, 0) is 32.1 Å². The minimum atomic E-state index is -0.833. The molecule has 124 valence electrons. The summed E-state index contributed by atoms with van der Waals surface area (Å²) in [6.07, 6.45) is 21.8. The van der Waals surface area contributed by atoms with Crippen LogP contribution in [-0.4, -0.2) is 16.2 Å². The summed E-state index contributed by atoms with van der Waals surface area (Å²) in [4.78, 5) is 9.00. The van der Waals surface area contributed by atoms with E-state index in [0.717, 1.165) is 19.6 Å². The first-order valence-electron chi connectivity index (χ1n) is 8.28. The van der Waals surface area contributed by atoms with E-state index in [4.69, 9.17) is 15.0 Å². The Hall–Kier alpha value is -1.25. The Balaban J connectivity index is 0. The maximum Gasteiger partial charge on any atom is 0.300 e. The number of hydrogen-bond donors (Lipinski definition) is 2. The summed E-state index contributed by atoms with van der Waals surface area (Å²) in [6, 6.07) is 0. The lowest BCUT2D eigenvalue weighted by atomic mass is 10.1. The molecule has 0 bridgehead atoms. The number of carbonyl (C=O) groups is 1. The molecule has 0 saturated heterocycles. The Kier molecular flexibility index (Phi) is 22.1. The summed E-state index contributed by atoms with van der Waals surface area (Å²) < 4.78 is 0. The summed E-state index contributed by atoms with van der Waals surface area (Å²) in [7, 11) is 0. The average molecular weight is 298 g/mol. The first kappa shape index (κ1) is 22.0. The van der Waals surface area contributed by atoms with Gasteiger partial charge in [-0.2, -0.15) is 0 Å². The van der Waals surface area contributed by atoms with Crippen LogP contribution in [0.4, 0.5) is 0 Å². The second-order valence-electron chi connectivity index (χ2n) is 5.22. The Morgan fingerprint density at radius 3 is 1.62 bits per heavy atom. The number of unbranched alkanes of at least 4 members (excludes halogenated alkanes) is 9. The van der Waals surface area contributed by atoms with Crippen LogP contribution in [0.25, 0.3) is 0 Å². The van der Waals surface area contributed by atoms with Crippen LogP contribution in [0.5, 0.6) is 0 Å². The van der Waals surface area contributed by atoms with Gasteiger partial charge in [-0.1, -0.05) is 63.7 Å². The van der Waals surface area contributed by atoms with Crippen molar-refractivity contribution in [1.82, 2.24) is 0 Å². The molecule has 0 amide bonds. The van der Waals surface area contributed by atoms with Crippen molar-refractivity contribution >= 4 is 5.97 Å². The summed E-state index contributed by atoms with van der Waals surface area (Å²) in [6.45, 7) is 3.32. The molecule has 0 radical (unpaired) electrons. The van der Waals surface area contributed by atoms with E-state index in [9.17, 15) is 0 Å². The monoisotopic (exact) mass is 298 g/mol. The van der Waals surface area contributed by atoms with E-state index < -0.39 is 5.97 Å². The molecule has 0 saturated carbocycles. The number of hydrogen-bond acceptors (Lipinski definition) is 2. The topological polar surface area (TPSA) is 57.5 Å². The molecule has 0 aliphatic heterocycles. The molecule has 0 atom stereocenters. The van der Waals surface area contributed by atoms with E-state index in [-0.39, 0.29) is 0 Å². The predicted molar refractivity (Wildman–Crippen MR) is 90.7 cm³/mol. The number of rotatable bonds is 12. The van der Waals surface area contributed by atoms with Crippen molar-refractivity contribution in [2.45, 2.75) is 84.5 Å². The zero-order valence-electron chi connectivity index (χ0n) is 13.9. The van der Waals surface area contributed by atoms with Crippen molar-refractivity contribution in [2.75, 3.05) is 0 Å². The van der Waals surface area contributed by atoms with Gasteiger partial charge in [0.05, 0.1) is 6.26 Å². The highest BCUT2D eigenvalue weighted by Crippen LogP contribution is 2.09. The van der Waals surface area contributed by atoms with Crippen LogP contribution in [0.2, 0.25) is 0 Å². The normalized spacial score (nSPS) is 10.8. The first-order valence-corrected chi connectivity index (χ1v) is 8.28. The molecule has 0 aliphatic rings. The molecule has 0 heterocycles. The van der Waals surface area contributed by atoms with E-state index in [1.165, 1.54) is 64.2 Å². The minimum Gasteiger partial charge on any atom is -0.516 e. The van der Waals surface area contributed by atoms with Gasteiger partial charge < -0.3 is 10.2 Å². The highest BCUT2D eigenvalue weighted by Gasteiger charge is 1.89. The van der Waals surface area contributed by atoms with Crippen molar-refractivity contribution in [3.8, 4) is 0 Å². The number of aliphatic hydroxyl groups is 1. The molecule has 0 rings (SSSR count). The van der Waals surface area contributed by atoms with Crippen molar-refractivity contribution in [2.24, 2.45) is 0 Å². The van der Waals surface area contributed by atoms with Crippen LogP contribution < -0.4 is 0 Å². The van der Waals surface area contributed by atoms with Crippen LogP contribution >= 0.6 is 0 Å². The quantitative estimate of drug-likeness (QED) is 0.263. The fourth-order valence-corrected chi connectivity index (χ4v) is 1.86. The fourth-order valence-electron chi connectivity index (χ4n) is 1.86. The van der Waals surface area contributed by atoms with Gasteiger partial charge in [-0.3, -0.25) is 4.79 Å². The van der Waals surface area contributed by atoms with Crippen molar-refractivity contribution in [3.63, 3.8) is 0 Å². The molecule has 0 unspecified atom stereocenters. The molecule has 0 aromatic rings. The average Bonchev–Trinajstić information content (AvgIpc) is 2.43. The number of carboxylic acid groups (broad SMARTS) is 1. The summed E-state index contributed by atoms with van der Waals surface area (Å²) in [5.41, 5.74) is 0. The van der Waals surface area contributed by atoms with Crippen LogP contribution in [-0.2, 0) is 4.79 Å². The van der Waals surface area contributed by atoms with E-state index in [2.05, 4.69) is 19.1 Å². The highest BCUT2D eigenvalue weighted by atomic mass is 16.4. The Bertz CT molecular complexity index is 253. The molecular formula is C18H34O3. The van der Waals surface area contributed by atoms with Gasteiger partial charge in [-0.25, -0.2) is 0 Å². The van der Waals surface area contributed by atoms with E-state index in [1.807, 2.05) is 6.08 Å². The van der Waals surface area contributed by atoms with Crippen molar-refractivity contribution in [3.05, 3.63) is 24.5 Å². The standard InChI is InChI=1S/C16H30O.C2H4O2/c1-2-3-4-5-6-7-8-9-10-11-12-13-14-15-16-17;1-2(3)4/h5-6,15-17H,2-4,7-14H2,1H3;1H3,(H,3,4)/b6-5?,16-15-;. The second kappa shape index (κ2) is 21.1. The molecule has 0 aromatic heterocycles. The molecule has 0 aromatic carbocycles. The largest absolute Gasteiger partial charge is 0.516 e. The van der Waals surface area contributed by atoms with E-state index in [0.29, 0.717) is 0 Å². The molecule has 0 spiro atoms. The molecule has 0 aliphatic carbocycles. The van der Waals surface area contributed by atoms with Gasteiger partial charge in [0.1, 0.15) is 0 Å². The van der Waals surface area contributed by atoms with Crippen LogP contribution in [0.1, 0.15) is 84.5 Å². The first-order chi connectivity index (χ1) is 10.1.